The molecule has 3 aromatic rings. The summed E-state index contributed by atoms with van der Waals surface area (Å²) in [6, 6.07) is 6.10. The van der Waals surface area contributed by atoms with Crippen LogP contribution < -0.4 is 10.6 Å². The number of hydrogen-bond donors (Lipinski definition) is 2. The Hall–Kier alpha value is -2.45. The molecule has 9 heteroatoms. The second kappa shape index (κ2) is 7.20. The van der Waals surface area contributed by atoms with E-state index in [1.165, 1.54) is 12.1 Å². The molecule has 0 aliphatic carbocycles. The van der Waals surface area contributed by atoms with E-state index >= 15 is 0 Å². The second-order valence-electron chi connectivity index (χ2n) is 5.48. The van der Waals surface area contributed by atoms with Gasteiger partial charge in [-0.25, -0.2) is 4.39 Å². The minimum absolute atomic E-state index is 0.362. The van der Waals surface area contributed by atoms with Crippen molar-refractivity contribution in [2.75, 3.05) is 10.6 Å². The Morgan fingerprint density at radius 1 is 1.32 bits per heavy atom. The number of rotatable bonds is 4. The normalized spacial score (nSPS) is 10.7. The van der Waals surface area contributed by atoms with Crippen molar-refractivity contribution in [2.24, 2.45) is 7.05 Å². The van der Waals surface area contributed by atoms with E-state index < -0.39 is 0 Å². The van der Waals surface area contributed by atoms with Gasteiger partial charge in [0, 0.05) is 24.3 Å². The number of halogens is 2. The molecular formula is C16H16ClFN6S. The zero-order chi connectivity index (χ0) is 18.0. The van der Waals surface area contributed by atoms with Gasteiger partial charge in [-0.05, 0) is 36.8 Å². The van der Waals surface area contributed by atoms with Gasteiger partial charge in [-0.2, -0.15) is 10.2 Å². The second-order valence-corrected chi connectivity index (χ2v) is 6.30. The van der Waals surface area contributed by atoms with Crippen molar-refractivity contribution >= 4 is 40.4 Å². The van der Waals surface area contributed by atoms with Crippen LogP contribution in [-0.2, 0) is 13.6 Å². The smallest absolute Gasteiger partial charge is 0.176 e. The van der Waals surface area contributed by atoms with E-state index in [0.29, 0.717) is 22.5 Å². The van der Waals surface area contributed by atoms with Crippen LogP contribution in [0.25, 0.3) is 0 Å². The summed E-state index contributed by atoms with van der Waals surface area (Å²) >= 11 is 11.3. The number of nitrogens with zero attached hydrogens (tertiary/aromatic N) is 4. The van der Waals surface area contributed by atoms with Gasteiger partial charge in [-0.1, -0.05) is 17.7 Å². The van der Waals surface area contributed by atoms with E-state index in [1.807, 2.05) is 14.0 Å². The first-order valence-electron chi connectivity index (χ1n) is 7.46. The summed E-state index contributed by atoms with van der Waals surface area (Å²) in [7, 11) is 1.86. The first-order chi connectivity index (χ1) is 11.9. The lowest BCUT2D eigenvalue weighted by Gasteiger charge is -2.08. The molecule has 0 saturated heterocycles. The number of aromatic nitrogens is 4. The van der Waals surface area contributed by atoms with Crippen molar-refractivity contribution < 1.29 is 4.39 Å². The van der Waals surface area contributed by atoms with Gasteiger partial charge in [-0.15, -0.1) is 0 Å². The molecule has 25 heavy (non-hydrogen) atoms. The topological polar surface area (TPSA) is 59.7 Å². The molecule has 0 spiro atoms. The summed E-state index contributed by atoms with van der Waals surface area (Å²) in [5.74, 6) is 0.232. The fourth-order valence-corrected chi connectivity index (χ4v) is 2.67. The highest BCUT2D eigenvalue weighted by molar-refractivity contribution is 7.80. The number of aryl methyl sites for hydroxylation is 1. The van der Waals surface area contributed by atoms with Crippen LogP contribution in [0.5, 0.6) is 0 Å². The van der Waals surface area contributed by atoms with Crippen LogP contribution in [-0.4, -0.2) is 24.7 Å². The highest BCUT2D eigenvalue weighted by Gasteiger charge is 2.08. The molecule has 0 aliphatic rings. The lowest BCUT2D eigenvalue weighted by atomic mass is 10.2. The molecule has 0 bridgehead atoms. The monoisotopic (exact) mass is 378 g/mol. The van der Waals surface area contributed by atoms with Gasteiger partial charge in [0.25, 0.3) is 0 Å². The molecule has 0 atom stereocenters. The predicted molar refractivity (Wildman–Crippen MR) is 101 cm³/mol. The molecule has 0 radical (unpaired) electrons. The third-order valence-corrected chi connectivity index (χ3v) is 4.27. The van der Waals surface area contributed by atoms with Crippen LogP contribution in [0.4, 0.5) is 15.9 Å². The molecule has 0 unspecified atom stereocenters. The fourth-order valence-electron chi connectivity index (χ4n) is 2.23. The largest absolute Gasteiger partial charge is 0.330 e. The van der Waals surface area contributed by atoms with Gasteiger partial charge < -0.3 is 10.6 Å². The molecule has 1 aromatic carbocycles. The maximum Gasteiger partial charge on any atom is 0.176 e. The SMILES string of the molecule is Cc1c(NC(=S)Nc2ccn(Cc3ccc(F)cc3Cl)n2)cnn1C. The van der Waals surface area contributed by atoms with Crippen LogP contribution >= 0.6 is 23.8 Å². The van der Waals surface area contributed by atoms with Crippen LogP contribution in [0.1, 0.15) is 11.3 Å². The molecule has 130 valence electrons. The van der Waals surface area contributed by atoms with Crippen molar-refractivity contribution in [3.63, 3.8) is 0 Å². The number of benzene rings is 1. The quantitative estimate of drug-likeness (QED) is 0.679. The minimum atomic E-state index is -0.362. The Morgan fingerprint density at radius 2 is 2.12 bits per heavy atom. The summed E-state index contributed by atoms with van der Waals surface area (Å²) in [5.41, 5.74) is 2.59. The Balaban J connectivity index is 1.63. The van der Waals surface area contributed by atoms with Gasteiger partial charge in [0.1, 0.15) is 5.82 Å². The highest BCUT2D eigenvalue weighted by atomic mass is 35.5. The lowest BCUT2D eigenvalue weighted by Crippen LogP contribution is -2.20. The van der Waals surface area contributed by atoms with Gasteiger partial charge in [0.15, 0.2) is 10.9 Å². The predicted octanol–water partition coefficient (Wildman–Crippen LogP) is 3.57. The van der Waals surface area contributed by atoms with E-state index in [1.54, 1.807) is 33.9 Å². The van der Waals surface area contributed by atoms with Crippen molar-refractivity contribution in [2.45, 2.75) is 13.5 Å². The van der Waals surface area contributed by atoms with Crippen molar-refractivity contribution in [1.82, 2.24) is 19.6 Å². The van der Waals surface area contributed by atoms with E-state index in [2.05, 4.69) is 20.8 Å². The summed E-state index contributed by atoms with van der Waals surface area (Å²) in [4.78, 5) is 0. The maximum absolute atomic E-state index is 13.1. The van der Waals surface area contributed by atoms with E-state index in [4.69, 9.17) is 23.8 Å². The number of hydrogen-bond acceptors (Lipinski definition) is 3. The Morgan fingerprint density at radius 3 is 2.80 bits per heavy atom. The summed E-state index contributed by atoms with van der Waals surface area (Å²) < 4.78 is 16.5. The van der Waals surface area contributed by atoms with E-state index in [0.717, 1.165) is 16.9 Å². The molecule has 0 amide bonds. The van der Waals surface area contributed by atoms with Crippen LogP contribution in [0.15, 0.2) is 36.7 Å². The molecule has 3 rings (SSSR count). The Bertz CT molecular complexity index is 919. The third kappa shape index (κ3) is 4.15. The third-order valence-electron chi connectivity index (χ3n) is 3.71. The van der Waals surface area contributed by atoms with E-state index in [-0.39, 0.29) is 5.82 Å². The Kier molecular flexibility index (Phi) is 5.00. The van der Waals surface area contributed by atoms with Gasteiger partial charge >= 0.3 is 0 Å². The van der Waals surface area contributed by atoms with Crippen LogP contribution in [0.2, 0.25) is 5.02 Å². The molecule has 0 saturated carbocycles. The van der Waals surface area contributed by atoms with Gasteiger partial charge in [-0.3, -0.25) is 9.36 Å². The Labute approximate surface area is 154 Å². The van der Waals surface area contributed by atoms with Crippen LogP contribution in [0.3, 0.4) is 0 Å². The first kappa shape index (κ1) is 17.4. The standard InChI is InChI=1S/C16H16ClFN6S/c1-10-14(8-19-23(10)2)20-16(25)21-15-5-6-24(22-15)9-11-3-4-12(18)7-13(11)17/h3-8H,9H2,1-2H3,(H2,20,21,22,25). The fraction of sp³-hybridized carbons (Fsp3) is 0.188. The van der Waals surface area contributed by atoms with Gasteiger partial charge in [0.2, 0.25) is 0 Å². The number of nitrogens with one attached hydrogen (secondary N) is 2. The average molecular weight is 379 g/mol. The molecule has 2 heterocycles. The molecule has 0 fully saturated rings. The lowest BCUT2D eigenvalue weighted by molar-refractivity contribution is 0.624. The highest BCUT2D eigenvalue weighted by Crippen LogP contribution is 2.19. The van der Waals surface area contributed by atoms with Gasteiger partial charge in [0.05, 0.1) is 24.1 Å². The zero-order valence-electron chi connectivity index (χ0n) is 13.6. The van der Waals surface area contributed by atoms with Crippen molar-refractivity contribution in [1.29, 1.82) is 0 Å². The summed E-state index contributed by atoms with van der Waals surface area (Å²) in [5, 5.41) is 15.4. The summed E-state index contributed by atoms with van der Waals surface area (Å²) in [6.45, 7) is 2.38. The van der Waals surface area contributed by atoms with Crippen molar-refractivity contribution in [3.8, 4) is 0 Å². The molecule has 2 aromatic heterocycles. The minimum Gasteiger partial charge on any atom is -0.330 e. The molecular weight excluding hydrogens is 363 g/mol. The number of anilines is 2. The van der Waals surface area contributed by atoms with Crippen molar-refractivity contribution in [3.05, 3.63) is 58.8 Å². The average Bonchev–Trinajstić information content (AvgIpc) is 3.11. The maximum atomic E-state index is 13.1. The first-order valence-corrected chi connectivity index (χ1v) is 8.25. The zero-order valence-corrected chi connectivity index (χ0v) is 15.2. The van der Waals surface area contributed by atoms with Crippen LogP contribution in [0, 0.1) is 12.7 Å². The molecule has 6 nitrogen and oxygen atoms in total. The molecule has 2 N–H and O–H groups in total. The summed E-state index contributed by atoms with van der Waals surface area (Å²) in [6.07, 6.45) is 3.50. The molecule has 0 aliphatic heterocycles. The number of thiocarbonyl (C=S) groups is 1. The van der Waals surface area contributed by atoms with E-state index in [9.17, 15) is 4.39 Å².